The second-order valence-corrected chi connectivity index (χ2v) is 7.41. The van der Waals surface area contributed by atoms with Crippen LogP contribution in [0.5, 0.6) is 0 Å². The minimum absolute atomic E-state index is 0.0859. The molecular formula is C24H34N4O4. The smallest absolute Gasteiger partial charge is 0.238 e. The molecule has 2 aromatic carbocycles. The van der Waals surface area contributed by atoms with Crippen molar-refractivity contribution < 1.29 is 19.1 Å². The number of amides is 2. The van der Waals surface area contributed by atoms with Crippen LogP contribution in [-0.4, -0.2) is 64.4 Å². The van der Waals surface area contributed by atoms with Crippen LogP contribution in [0, 0.1) is 13.8 Å². The SMILES string of the molecule is Cc1ccc(NC(=O)CNCCOCCOCCNCC(=O)Nc2ccc(C)cc2)cc1. The van der Waals surface area contributed by atoms with Gasteiger partial charge in [-0.05, 0) is 38.1 Å². The van der Waals surface area contributed by atoms with E-state index in [0.29, 0.717) is 39.5 Å². The lowest BCUT2D eigenvalue weighted by atomic mass is 10.2. The number of rotatable bonds is 15. The molecule has 0 aliphatic rings. The predicted octanol–water partition coefficient (Wildman–Crippen LogP) is 2.09. The Labute approximate surface area is 190 Å². The van der Waals surface area contributed by atoms with Gasteiger partial charge >= 0.3 is 0 Å². The number of aryl methyl sites for hydroxylation is 2. The molecule has 0 aromatic heterocycles. The van der Waals surface area contributed by atoms with Crippen molar-refractivity contribution >= 4 is 23.2 Å². The summed E-state index contributed by atoms with van der Waals surface area (Å²) in [4.78, 5) is 23.7. The molecule has 0 bridgehead atoms. The van der Waals surface area contributed by atoms with E-state index in [4.69, 9.17) is 9.47 Å². The van der Waals surface area contributed by atoms with E-state index in [1.165, 1.54) is 0 Å². The first-order chi connectivity index (χ1) is 15.5. The molecule has 0 fully saturated rings. The molecular weight excluding hydrogens is 408 g/mol. The van der Waals surface area contributed by atoms with Crippen LogP contribution < -0.4 is 21.3 Å². The number of carbonyl (C=O) groups is 2. The van der Waals surface area contributed by atoms with E-state index in [2.05, 4.69) is 21.3 Å². The van der Waals surface area contributed by atoms with Crippen LogP contribution in [0.2, 0.25) is 0 Å². The Morgan fingerprint density at radius 2 is 1.00 bits per heavy atom. The number of carbonyl (C=O) groups excluding carboxylic acids is 2. The van der Waals surface area contributed by atoms with Crippen LogP contribution in [0.15, 0.2) is 48.5 Å². The topological polar surface area (TPSA) is 101 Å². The van der Waals surface area contributed by atoms with Gasteiger partial charge in [0.15, 0.2) is 0 Å². The summed E-state index contributed by atoms with van der Waals surface area (Å²) in [6.07, 6.45) is 0. The molecule has 8 nitrogen and oxygen atoms in total. The standard InChI is InChI=1S/C24H34N4O4/c1-19-3-7-21(8-4-19)27-23(29)17-25-11-13-31-15-16-32-14-12-26-18-24(30)28-22-9-5-20(2)6-10-22/h3-10,25-26H,11-18H2,1-2H3,(H,27,29)(H,28,30). The maximum absolute atomic E-state index is 11.8. The molecule has 2 amide bonds. The maximum Gasteiger partial charge on any atom is 0.238 e. The number of hydrogen-bond acceptors (Lipinski definition) is 6. The third kappa shape index (κ3) is 11.6. The lowest BCUT2D eigenvalue weighted by Gasteiger charge is -2.09. The fraction of sp³-hybridized carbons (Fsp3) is 0.417. The Morgan fingerprint density at radius 3 is 1.38 bits per heavy atom. The highest BCUT2D eigenvalue weighted by Crippen LogP contribution is 2.08. The van der Waals surface area contributed by atoms with Gasteiger partial charge in [0.25, 0.3) is 0 Å². The summed E-state index contributed by atoms with van der Waals surface area (Å²) in [5, 5.41) is 11.7. The summed E-state index contributed by atoms with van der Waals surface area (Å²) in [6.45, 7) is 7.59. The Morgan fingerprint density at radius 1 is 0.625 bits per heavy atom. The lowest BCUT2D eigenvalue weighted by Crippen LogP contribution is -2.31. The predicted molar refractivity (Wildman–Crippen MR) is 127 cm³/mol. The van der Waals surface area contributed by atoms with Gasteiger partial charge in [-0.2, -0.15) is 0 Å². The first-order valence-corrected chi connectivity index (χ1v) is 10.8. The normalized spacial score (nSPS) is 10.7. The average molecular weight is 443 g/mol. The lowest BCUT2D eigenvalue weighted by molar-refractivity contribution is -0.116. The van der Waals surface area contributed by atoms with Crippen LogP contribution in [0.1, 0.15) is 11.1 Å². The quantitative estimate of drug-likeness (QED) is 0.315. The zero-order valence-corrected chi connectivity index (χ0v) is 18.9. The van der Waals surface area contributed by atoms with Gasteiger partial charge < -0.3 is 30.7 Å². The third-order valence-corrected chi connectivity index (χ3v) is 4.46. The minimum atomic E-state index is -0.0859. The zero-order valence-electron chi connectivity index (χ0n) is 18.9. The van der Waals surface area contributed by atoms with Crippen molar-refractivity contribution in [2.75, 3.05) is 63.2 Å². The van der Waals surface area contributed by atoms with Crippen molar-refractivity contribution in [1.29, 1.82) is 0 Å². The van der Waals surface area contributed by atoms with Gasteiger partial charge in [-0.1, -0.05) is 35.4 Å². The van der Waals surface area contributed by atoms with Gasteiger partial charge in [0.2, 0.25) is 11.8 Å². The average Bonchev–Trinajstić information content (AvgIpc) is 2.77. The van der Waals surface area contributed by atoms with Crippen LogP contribution in [-0.2, 0) is 19.1 Å². The number of nitrogens with one attached hydrogen (secondary N) is 4. The molecule has 0 saturated carbocycles. The molecule has 0 saturated heterocycles. The molecule has 0 unspecified atom stereocenters. The number of anilines is 2. The Hall–Kier alpha value is -2.78. The van der Waals surface area contributed by atoms with E-state index >= 15 is 0 Å². The summed E-state index contributed by atoms with van der Waals surface area (Å²) in [6, 6.07) is 15.4. The molecule has 0 radical (unpaired) electrons. The first kappa shape index (κ1) is 25.5. The van der Waals surface area contributed by atoms with Gasteiger partial charge in [0.05, 0.1) is 39.5 Å². The van der Waals surface area contributed by atoms with Crippen molar-refractivity contribution in [3.05, 3.63) is 59.7 Å². The highest BCUT2D eigenvalue weighted by Gasteiger charge is 2.02. The second-order valence-electron chi connectivity index (χ2n) is 7.41. The molecule has 32 heavy (non-hydrogen) atoms. The monoisotopic (exact) mass is 442 g/mol. The molecule has 2 rings (SSSR count). The largest absolute Gasteiger partial charge is 0.378 e. The summed E-state index contributed by atoms with van der Waals surface area (Å²) in [5.41, 5.74) is 3.88. The second kappa shape index (κ2) is 15.1. The van der Waals surface area contributed by atoms with Gasteiger partial charge in [0, 0.05) is 24.5 Å². The zero-order chi connectivity index (χ0) is 23.0. The summed E-state index contributed by atoms with van der Waals surface area (Å²) < 4.78 is 10.9. The maximum atomic E-state index is 11.8. The van der Waals surface area contributed by atoms with Crippen molar-refractivity contribution in [2.24, 2.45) is 0 Å². The van der Waals surface area contributed by atoms with Crippen LogP contribution in [0.4, 0.5) is 11.4 Å². The van der Waals surface area contributed by atoms with E-state index in [1.54, 1.807) is 0 Å². The van der Waals surface area contributed by atoms with Crippen molar-refractivity contribution in [3.63, 3.8) is 0 Å². The summed E-state index contributed by atoms with van der Waals surface area (Å²) in [5.74, 6) is -0.172. The fourth-order valence-electron chi connectivity index (χ4n) is 2.70. The van der Waals surface area contributed by atoms with Crippen LogP contribution in [0.25, 0.3) is 0 Å². The van der Waals surface area contributed by atoms with Gasteiger partial charge in [-0.25, -0.2) is 0 Å². The Kier molecular flexibility index (Phi) is 12.0. The minimum Gasteiger partial charge on any atom is -0.378 e. The Bertz CT molecular complexity index is 740. The van der Waals surface area contributed by atoms with Crippen LogP contribution >= 0.6 is 0 Å². The molecule has 0 aliphatic carbocycles. The number of ether oxygens (including phenoxy) is 2. The van der Waals surface area contributed by atoms with Gasteiger partial charge in [-0.3, -0.25) is 9.59 Å². The highest BCUT2D eigenvalue weighted by atomic mass is 16.5. The Balaban J connectivity index is 1.35. The fourth-order valence-corrected chi connectivity index (χ4v) is 2.70. The highest BCUT2D eigenvalue weighted by molar-refractivity contribution is 5.92. The summed E-state index contributed by atoms with van der Waals surface area (Å²) >= 11 is 0. The molecule has 0 atom stereocenters. The molecule has 0 aliphatic heterocycles. The van der Waals surface area contributed by atoms with Crippen LogP contribution in [0.3, 0.4) is 0 Å². The molecule has 4 N–H and O–H groups in total. The van der Waals surface area contributed by atoms with Crippen molar-refractivity contribution in [1.82, 2.24) is 10.6 Å². The van der Waals surface area contributed by atoms with Gasteiger partial charge in [0.1, 0.15) is 0 Å². The van der Waals surface area contributed by atoms with E-state index in [-0.39, 0.29) is 24.9 Å². The van der Waals surface area contributed by atoms with E-state index in [0.717, 1.165) is 22.5 Å². The van der Waals surface area contributed by atoms with E-state index < -0.39 is 0 Å². The number of hydrogen-bond donors (Lipinski definition) is 4. The third-order valence-electron chi connectivity index (χ3n) is 4.46. The first-order valence-electron chi connectivity index (χ1n) is 10.8. The molecule has 2 aromatic rings. The summed E-state index contributed by atoms with van der Waals surface area (Å²) in [7, 11) is 0. The molecule has 0 heterocycles. The number of benzene rings is 2. The molecule has 174 valence electrons. The molecule has 0 spiro atoms. The van der Waals surface area contributed by atoms with Gasteiger partial charge in [-0.15, -0.1) is 0 Å². The molecule has 8 heteroatoms. The van der Waals surface area contributed by atoms with Crippen molar-refractivity contribution in [3.8, 4) is 0 Å². The van der Waals surface area contributed by atoms with Crippen molar-refractivity contribution in [2.45, 2.75) is 13.8 Å². The van der Waals surface area contributed by atoms with E-state index in [9.17, 15) is 9.59 Å². The van der Waals surface area contributed by atoms with E-state index in [1.807, 2.05) is 62.4 Å².